The molecule has 3 aromatic rings. The van der Waals surface area contributed by atoms with Gasteiger partial charge in [0.1, 0.15) is 11.9 Å². The van der Waals surface area contributed by atoms with Crippen LogP contribution in [0.2, 0.25) is 0 Å². The van der Waals surface area contributed by atoms with Gasteiger partial charge in [-0.15, -0.1) is 0 Å². The van der Waals surface area contributed by atoms with E-state index in [1.165, 1.54) is 17.7 Å². The number of benzene rings is 2. The second kappa shape index (κ2) is 9.50. The molecule has 2 heterocycles. The molecule has 32 heavy (non-hydrogen) atoms. The van der Waals surface area contributed by atoms with Crippen LogP contribution in [0.3, 0.4) is 0 Å². The number of hydrogen-bond donors (Lipinski definition) is 1. The van der Waals surface area contributed by atoms with Gasteiger partial charge in [-0.05, 0) is 79.6 Å². The molecule has 0 spiro atoms. The Hall–Kier alpha value is -3.23. The van der Waals surface area contributed by atoms with E-state index < -0.39 is 5.82 Å². The Balaban J connectivity index is 1.85. The van der Waals surface area contributed by atoms with Crippen molar-refractivity contribution in [3.05, 3.63) is 81.4 Å². The fourth-order valence-electron chi connectivity index (χ4n) is 4.54. The van der Waals surface area contributed by atoms with Gasteiger partial charge in [0, 0.05) is 18.2 Å². The van der Waals surface area contributed by atoms with Gasteiger partial charge in [0.2, 0.25) is 0 Å². The average Bonchev–Trinajstić information content (AvgIpc) is 3.33. The summed E-state index contributed by atoms with van der Waals surface area (Å²) >= 11 is 0. The molecule has 1 atom stereocenters. The molecule has 5 heteroatoms. The zero-order valence-electron chi connectivity index (χ0n) is 18.6. The van der Waals surface area contributed by atoms with E-state index in [9.17, 15) is 9.18 Å². The standard InChI is InChI=1S/C27H28FN3O/c1-3-18-4-7-20(8-5-18)26-24(21-10-11-23(16-29)25(28)15-21)14-22(27(32)31(26)2)9-6-19-12-13-30-17-19/h4-5,7-8,10-11,14-15,19,30H,3,6,9,12-13,17H2,1-2H3/t19-/m0/s1. The first-order valence-corrected chi connectivity index (χ1v) is 11.2. The van der Waals surface area contributed by atoms with Gasteiger partial charge >= 0.3 is 0 Å². The molecule has 0 unspecified atom stereocenters. The largest absolute Gasteiger partial charge is 0.316 e. The van der Waals surface area contributed by atoms with E-state index in [1.54, 1.807) is 17.7 Å². The number of pyridine rings is 1. The number of aromatic nitrogens is 1. The van der Waals surface area contributed by atoms with E-state index in [2.05, 4.69) is 24.4 Å². The number of aryl methyl sites for hydroxylation is 2. The van der Waals surface area contributed by atoms with Crippen molar-refractivity contribution in [1.82, 2.24) is 9.88 Å². The SMILES string of the molecule is CCc1ccc(-c2c(-c3ccc(C#N)c(F)c3)cc(CC[C@H]3CCNC3)c(=O)n2C)cc1. The van der Waals surface area contributed by atoms with E-state index in [4.69, 9.17) is 5.26 Å². The summed E-state index contributed by atoms with van der Waals surface area (Å²) in [6.07, 6.45) is 3.71. The highest BCUT2D eigenvalue weighted by atomic mass is 19.1. The molecule has 0 bridgehead atoms. The normalized spacial score (nSPS) is 15.6. The molecule has 1 N–H and O–H groups in total. The molecule has 0 saturated carbocycles. The molecule has 164 valence electrons. The monoisotopic (exact) mass is 429 g/mol. The van der Waals surface area contributed by atoms with Crippen molar-refractivity contribution in [3.63, 3.8) is 0 Å². The van der Waals surface area contributed by atoms with Crippen molar-refractivity contribution < 1.29 is 4.39 Å². The van der Waals surface area contributed by atoms with E-state index in [0.29, 0.717) is 17.9 Å². The first-order valence-electron chi connectivity index (χ1n) is 11.2. The molecule has 0 amide bonds. The fourth-order valence-corrected chi connectivity index (χ4v) is 4.54. The van der Waals surface area contributed by atoms with Gasteiger partial charge in [0.15, 0.2) is 0 Å². The highest BCUT2D eigenvalue weighted by Crippen LogP contribution is 2.33. The maximum atomic E-state index is 14.5. The van der Waals surface area contributed by atoms with Crippen molar-refractivity contribution in [1.29, 1.82) is 5.26 Å². The number of rotatable bonds is 6. The summed E-state index contributed by atoms with van der Waals surface area (Å²) in [6.45, 7) is 4.13. The molecule has 4 rings (SSSR count). The third-order valence-corrected chi connectivity index (χ3v) is 6.51. The third-order valence-electron chi connectivity index (χ3n) is 6.51. The van der Waals surface area contributed by atoms with Gasteiger partial charge in [-0.2, -0.15) is 5.26 Å². The lowest BCUT2D eigenvalue weighted by atomic mass is 9.93. The molecular formula is C27H28FN3O. The number of halogens is 1. The first kappa shape index (κ1) is 22.0. The van der Waals surface area contributed by atoms with Crippen LogP contribution in [-0.4, -0.2) is 17.7 Å². The summed E-state index contributed by atoms with van der Waals surface area (Å²) in [4.78, 5) is 13.3. The molecule has 1 aromatic heterocycles. The van der Waals surface area contributed by atoms with E-state index in [0.717, 1.165) is 54.7 Å². The zero-order chi connectivity index (χ0) is 22.7. The number of nitrogens with one attached hydrogen (secondary N) is 1. The van der Waals surface area contributed by atoms with Gasteiger partial charge in [-0.1, -0.05) is 37.3 Å². The van der Waals surface area contributed by atoms with Crippen LogP contribution in [-0.2, 0) is 19.9 Å². The van der Waals surface area contributed by atoms with Crippen LogP contribution < -0.4 is 10.9 Å². The van der Waals surface area contributed by atoms with Crippen LogP contribution in [0, 0.1) is 23.1 Å². The molecule has 0 radical (unpaired) electrons. The molecule has 1 aliphatic heterocycles. The van der Waals surface area contributed by atoms with Crippen LogP contribution in [0.1, 0.15) is 36.5 Å². The van der Waals surface area contributed by atoms with Crippen LogP contribution >= 0.6 is 0 Å². The molecule has 0 aliphatic carbocycles. The van der Waals surface area contributed by atoms with Crippen molar-refractivity contribution in [2.75, 3.05) is 13.1 Å². The Morgan fingerprint density at radius 2 is 1.91 bits per heavy atom. The second-order valence-corrected chi connectivity index (χ2v) is 8.55. The molecule has 1 fully saturated rings. The highest BCUT2D eigenvalue weighted by Gasteiger charge is 2.19. The minimum absolute atomic E-state index is 0.0107. The van der Waals surface area contributed by atoms with Crippen molar-refractivity contribution in [2.45, 2.75) is 32.6 Å². The van der Waals surface area contributed by atoms with Crippen LogP contribution in [0.25, 0.3) is 22.4 Å². The van der Waals surface area contributed by atoms with Crippen molar-refractivity contribution >= 4 is 0 Å². The van der Waals surface area contributed by atoms with Gasteiger partial charge < -0.3 is 9.88 Å². The summed E-state index contributed by atoms with van der Waals surface area (Å²) in [5.74, 6) is 0.0292. The molecule has 2 aromatic carbocycles. The Morgan fingerprint density at radius 1 is 1.16 bits per heavy atom. The van der Waals surface area contributed by atoms with E-state index in [-0.39, 0.29) is 11.1 Å². The lowest BCUT2D eigenvalue weighted by molar-refractivity contribution is 0.530. The minimum Gasteiger partial charge on any atom is -0.316 e. The molecule has 1 saturated heterocycles. The van der Waals surface area contributed by atoms with Crippen LogP contribution in [0.5, 0.6) is 0 Å². The predicted octanol–water partition coefficient (Wildman–Crippen LogP) is 4.83. The van der Waals surface area contributed by atoms with Gasteiger partial charge in [0.05, 0.1) is 11.3 Å². The summed E-state index contributed by atoms with van der Waals surface area (Å²) in [5, 5.41) is 12.5. The Bertz CT molecular complexity index is 1220. The zero-order valence-corrected chi connectivity index (χ0v) is 18.6. The minimum atomic E-state index is -0.551. The van der Waals surface area contributed by atoms with Crippen LogP contribution in [0.15, 0.2) is 53.3 Å². The average molecular weight is 430 g/mol. The first-order chi connectivity index (χ1) is 15.5. The summed E-state index contributed by atoms with van der Waals surface area (Å²) in [6, 6.07) is 16.6. The number of hydrogen-bond acceptors (Lipinski definition) is 3. The second-order valence-electron chi connectivity index (χ2n) is 8.55. The molecule has 4 nitrogen and oxygen atoms in total. The lowest BCUT2D eigenvalue weighted by Gasteiger charge is -2.18. The van der Waals surface area contributed by atoms with Crippen LogP contribution in [0.4, 0.5) is 4.39 Å². The van der Waals surface area contributed by atoms with Gasteiger partial charge in [-0.25, -0.2) is 4.39 Å². The quantitative estimate of drug-likeness (QED) is 0.610. The topological polar surface area (TPSA) is 57.8 Å². The van der Waals surface area contributed by atoms with Crippen molar-refractivity contribution in [2.24, 2.45) is 13.0 Å². The smallest absolute Gasteiger partial charge is 0.253 e. The number of nitriles is 1. The summed E-state index contributed by atoms with van der Waals surface area (Å²) in [5.41, 5.74) is 5.10. The maximum Gasteiger partial charge on any atom is 0.253 e. The molecule has 1 aliphatic rings. The Morgan fingerprint density at radius 3 is 2.53 bits per heavy atom. The van der Waals surface area contributed by atoms with Crippen molar-refractivity contribution in [3.8, 4) is 28.5 Å². The summed E-state index contributed by atoms with van der Waals surface area (Å²) < 4.78 is 16.2. The van der Waals surface area contributed by atoms with E-state index >= 15 is 0 Å². The fraction of sp³-hybridized carbons (Fsp3) is 0.333. The predicted molar refractivity (Wildman–Crippen MR) is 126 cm³/mol. The lowest BCUT2D eigenvalue weighted by Crippen LogP contribution is -2.24. The summed E-state index contributed by atoms with van der Waals surface area (Å²) in [7, 11) is 1.79. The maximum absolute atomic E-state index is 14.5. The highest BCUT2D eigenvalue weighted by molar-refractivity contribution is 5.82. The number of nitrogens with zero attached hydrogens (tertiary/aromatic N) is 2. The molecular weight excluding hydrogens is 401 g/mol. The van der Waals surface area contributed by atoms with Gasteiger partial charge in [0.25, 0.3) is 5.56 Å². The van der Waals surface area contributed by atoms with Gasteiger partial charge in [-0.3, -0.25) is 4.79 Å². The third kappa shape index (κ3) is 4.37. The Labute approximate surface area is 188 Å². The Kier molecular flexibility index (Phi) is 6.53. The van der Waals surface area contributed by atoms with E-state index in [1.807, 2.05) is 24.3 Å².